The second-order valence-corrected chi connectivity index (χ2v) is 7.51. The van der Waals surface area contributed by atoms with E-state index < -0.39 is 0 Å². The highest BCUT2D eigenvalue weighted by molar-refractivity contribution is 6.00. The van der Waals surface area contributed by atoms with Crippen LogP contribution in [0.1, 0.15) is 36.0 Å². The number of fused-ring (bicyclic) bond motifs is 3. The Labute approximate surface area is 154 Å². The van der Waals surface area contributed by atoms with E-state index in [1.165, 1.54) is 11.1 Å². The summed E-state index contributed by atoms with van der Waals surface area (Å²) in [5, 5.41) is 0. The Morgan fingerprint density at radius 3 is 2.84 bits per heavy atom. The highest BCUT2D eigenvalue weighted by Gasteiger charge is 2.62. The fourth-order valence-electron chi connectivity index (χ4n) is 4.99. The molecule has 2 N–H and O–H groups in total. The minimum Gasteiger partial charge on any atom is -0.398 e. The summed E-state index contributed by atoms with van der Waals surface area (Å²) < 4.78 is 0. The lowest BCUT2D eigenvalue weighted by atomic mass is 9.94. The van der Waals surface area contributed by atoms with E-state index in [2.05, 4.69) is 30.3 Å². The third kappa shape index (κ3) is 2.29. The van der Waals surface area contributed by atoms with Gasteiger partial charge in [-0.1, -0.05) is 30.3 Å². The van der Waals surface area contributed by atoms with E-state index in [1.807, 2.05) is 17.0 Å². The summed E-state index contributed by atoms with van der Waals surface area (Å²) in [7, 11) is 0. The first-order valence-electron chi connectivity index (χ1n) is 8.98. The van der Waals surface area contributed by atoms with Crippen molar-refractivity contribution in [2.24, 2.45) is 5.92 Å². The Hall–Kier alpha value is -2.00. The van der Waals surface area contributed by atoms with Crippen LogP contribution in [0.4, 0.5) is 11.4 Å². The number of hydrogen-bond donors (Lipinski definition) is 1. The molecule has 1 saturated carbocycles. The minimum absolute atomic E-state index is 0. The third-order valence-corrected chi connectivity index (χ3v) is 6.32. The fraction of sp³-hybridized carbons (Fsp3) is 0.381. The van der Waals surface area contributed by atoms with Gasteiger partial charge in [-0.15, -0.1) is 12.4 Å². The van der Waals surface area contributed by atoms with Crippen LogP contribution in [0.5, 0.6) is 0 Å². The Morgan fingerprint density at radius 1 is 1.12 bits per heavy atom. The second kappa shape index (κ2) is 5.77. The zero-order chi connectivity index (χ0) is 16.3. The molecule has 5 rings (SSSR count). The maximum atomic E-state index is 13.3. The van der Waals surface area contributed by atoms with Gasteiger partial charge in [-0.25, -0.2) is 0 Å². The van der Waals surface area contributed by atoms with Gasteiger partial charge >= 0.3 is 0 Å². The average Bonchev–Trinajstić information content (AvgIpc) is 3.23. The Balaban J connectivity index is 0.00000157. The Kier molecular flexibility index (Phi) is 3.80. The van der Waals surface area contributed by atoms with Crippen molar-refractivity contribution in [2.75, 3.05) is 17.2 Å². The van der Waals surface area contributed by atoms with E-state index in [0.717, 1.165) is 55.6 Å². The van der Waals surface area contributed by atoms with Gasteiger partial charge in [0.05, 0.1) is 0 Å². The summed E-state index contributed by atoms with van der Waals surface area (Å²) in [4.78, 5) is 15.3. The quantitative estimate of drug-likeness (QED) is 0.790. The topological polar surface area (TPSA) is 46.3 Å². The predicted molar refractivity (Wildman–Crippen MR) is 103 cm³/mol. The first-order chi connectivity index (χ1) is 11.7. The number of amides is 1. The van der Waals surface area contributed by atoms with Crippen molar-refractivity contribution >= 4 is 29.7 Å². The van der Waals surface area contributed by atoms with Crippen LogP contribution >= 0.6 is 12.4 Å². The summed E-state index contributed by atoms with van der Waals surface area (Å²) in [6.07, 6.45) is 5.23. The van der Waals surface area contributed by atoms with Crippen LogP contribution in [0.15, 0.2) is 42.5 Å². The van der Waals surface area contributed by atoms with Gasteiger partial charge in [0.25, 0.3) is 0 Å². The average molecular weight is 355 g/mol. The van der Waals surface area contributed by atoms with Gasteiger partial charge in [-0.05, 0) is 60.9 Å². The third-order valence-electron chi connectivity index (χ3n) is 6.32. The van der Waals surface area contributed by atoms with Crippen molar-refractivity contribution in [3.05, 3.63) is 59.2 Å². The molecule has 1 amide bonds. The monoisotopic (exact) mass is 354 g/mol. The number of nitrogen functional groups attached to an aromatic ring is 1. The van der Waals surface area contributed by atoms with Gasteiger partial charge < -0.3 is 10.6 Å². The van der Waals surface area contributed by atoms with Crippen LogP contribution in [0.3, 0.4) is 0 Å². The first-order valence-corrected chi connectivity index (χ1v) is 8.98. The molecule has 3 nitrogen and oxygen atoms in total. The Morgan fingerprint density at radius 2 is 1.96 bits per heavy atom. The van der Waals surface area contributed by atoms with Gasteiger partial charge in [0.2, 0.25) is 5.91 Å². The molecule has 4 heteroatoms. The molecule has 0 saturated heterocycles. The number of hydrogen-bond acceptors (Lipinski definition) is 2. The summed E-state index contributed by atoms with van der Waals surface area (Å²) in [6, 6.07) is 14.6. The molecule has 3 aliphatic rings. The second-order valence-electron chi connectivity index (χ2n) is 7.51. The largest absolute Gasteiger partial charge is 0.398 e. The number of halogens is 1. The maximum Gasteiger partial charge on any atom is 0.231 e. The molecule has 130 valence electrons. The smallest absolute Gasteiger partial charge is 0.231 e. The van der Waals surface area contributed by atoms with Crippen LogP contribution in [0.2, 0.25) is 0 Å². The molecule has 0 aromatic heterocycles. The summed E-state index contributed by atoms with van der Waals surface area (Å²) in [6.45, 7) is 0.823. The lowest BCUT2D eigenvalue weighted by molar-refractivity contribution is -0.120. The summed E-state index contributed by atoms with van der Waals surface area (Å²) >= 11 is 0. The molecule has 1 heterocycles. The number of anilines is 2. The van der Waals surface area contributed by atoms with Crippen LogP contribution in [0, 0.1) is 5.92 Å². The number of carbonyl (C=O) groups excluding carboxylic acids is 1. The number of carbonyl (C=O) groups is 1. The number of aryl methyl sites for hydroxylation is 1. The molecule has 0 radical (unpaired) electrons. The highest BCUT2D eigenvalue weighted by Crippen LogP contribution is 2.62. The van der Waals surface area contributed by atoms with Crippen LogP contribution in [0.25, 0.3) is 0 Å². The normalized spacial score (nSPS) is 25.9. The minimum atomic E-state index is 0. The van der Waals surface area contributed by atoms with Crippen molar-refractivity contribution in [3.8, 4) is 0 Å². The molecular weight excluding hydrogens is 332 g/mol. The van der Waals surface area contributed by atoms with Crippen LogP contribution in [-0.2, 0) is 23.1 Å². The zero-order valence-corrected chi connectivity index (χ0v) is 15.0. The van der Waals surface area contributed by atoms with Gasteiger partial charge in [-0.3, -0.25) is 4.79 Å². The lowest BCUT2D eigenvalue weighted by Crippen LogP contribution is -2.38. The van der Waals surface area contributed by atoms with E-state index in [9.17, 15) is 4.79 Å². The highest BCUT2D eigenvalue weighted by atomic mass is 35.5. The van der Waals surface area contributed by atoms with E-state index in [4.69, 9.17) is 5.73 Å². The van der Waals surface area contributed by atoms with E-state index in [0.29, 0.717) is 5.91 Å². The first kappa shape index (κ1) is 16.5. The molecule has 0 bridgehead atoms. The summed E-state index contributed by atoms with van der Waals surface area (Å²) in [5.74, 6) is 0.451. The van der Waals surface area contributed by atoms with Gasteiger partial charge in [0, 0.05) is 29.3 Å². The SMILES string of the molecule is Cl.Nc1cccc2c1CCCN2C(=O)C1CC12CCc1ccccc12. The molecule has 1 aliphatic heterocycles. The molecular formula is C21H23ClN2O. The predicted octanol–water partition coefficient (Wildman–Crippen LogP) is 3.87. The standard InChI is InChI=1S/C21H22N2O.ClH/c22-18-8-3-9-19-15(18)6-4-12-23(19)20(24)17-13-21(17)11-10-14-5-1-2-7-16(14)21;/h1-3,5,7-9,17H,4,6,10-13,22H2;1H. The van der Waals surface area contributed by atoms with E-state index in [1.54, 1.807) is 0 Å². The number of benzene rings is 2. The van der Waals surface area contributed by atoms with Gasteiger partial charge in [-0.2, -0.15) is 0 Å². The molecule has 2 aromatic rings. The molecule has 25 heavy (non-hydrogen) atoms. The van der Waals surface area contributed by atoms with Crippen molar-refractivity contribution < 1.29 is 4.79 Å². The maximum absolute atomic E-state index is 13.3. The van der Waals surface area contributed by atoms with Crippen molar-refractivity contribution in [3.63, 3.8) is 0 Å². The Bertz CT molecular complexity index is 850. The molecule has 2 aromatic carbocycles. The number of nitrogens with two attached hydrogens (primary N) is 1. The molecule has 2 atom stereocenters. The van der Waals surface area contributed by atoms with Crippen LogP contribution < -0.4 is 10.6 Å². The van der Waals surface area contributed by atoms with Gasteiger partial charge in [0.1, 0.15) is 0 Å². The zero-order valence-electron chi connectivity index (χ0n) is 14.2. The molecule has 2 aliphatic carbocycles. The van der Waals surface area contributed by atoms with E-state index in [-0.39, 0.29) is 23.7 Å². The lowest BCUT2D eigenvalue weighted by Gasteiger charge is -2.31. The molecule has 2 unspecified atom stereocenters. The van der Waals surface area contributed by atoms with Gasteiger partial charge in [0.15, 0.2) is 0 Å². The fourth-order valence-corrected chi connectivity index (χ4v) is 4.99. The molecule has 1 spiro atoms. The number of rotatable bonds is 1. The van der Waals surface area contributed by atoms with Crippen molar-refractivity contribution in [1.29, 1.82) is 0 Å². The molecule has 1 fully saturated rings. The summed E-state index contributed by atoms with van der Waals surface area (Å²) in [5.41, 5.74) is 12.1. The van der Waals surface area contributed by atoms with E-state index >= 15 is 0 Å². The van der Waals surface area contributed by atoms with Crippen molar-refractivity contribution in [1.82, 2.24) is 0 Å². The van der Waals surface area contributed by atoms with Crippen molar-refractivity contribution in [2.45, 2.75) is 37.5 Å². The van der Waals surface area contributed by atoms with Crippen LogP contribution in [-0.4, -0.2) is 12.5 Å². The number of nitrogens with zero attached hydrogens (tertiary/aromatic N) is 1.